The van der Waals surface area contributed by atoms with Gasteiger partial charge in [0.2, 0.25) is 0 Å². The Morgan fingerprint density at radius 2 is 2.56 bits per heavy atom. The van der Waals surface area contributed by atoms with E-state index < -0.39 is 0 Å². The second-order valence-electron chi connectivity index (χ2n) is 1.61. The van der Waals surface area contributed by atoms with Crippen LogP contribution in [-0.2, 0) is 6.61 Å². The Kier molecular flexibility index (Phi) is 1.65. The molecule has 47 valence electrons. The number of anilines is 1. The van der Waals surface area contributed by atoms with Gasteiger partial charge in [-0.1, -0.05) is 0 Å². The molecule has 1 heterocycles. The first-order valence-corrected chi connectivity index (χ1v) is 2.56. The summed E-state index contributed by atoms with van der Waals surface area (Å²) in [5.74, 6) is 0.347. The number of nitrogen functional groups attached to an aromatic ring is 1. The molecule has 1 rings (SSSR count). The molecule has 3 nitrogen and oxygen atoms in total. The van der Waals surface area contributed by atoms with Gasteiger partial charge in [-0.3, -0.25) is 0 Å². The smallest absolute Gasteiger partial charge is 0.129 e. The maximum absolute atomic E-state index is 8.57. The molecule has 0 aromatic carbocycles. The molecular weight excluding hydrogens is 116 g/mol. The SMILES string of the molecule is Nc1ncc[c]c1CO. The van der Waals surface area contributed by atoms with Gasteiger partial charge in [0.25, 0.3) is 0 Å². The molecule has 1 radical (unpaired) electrons. The average molecular weight is 123 g/mol. The Morgan fingerprint density at radius 3 is 3.00 bits per heavy atom. The van der Waals surface area contributed by atoms with Crippen molar-refractivity contribution < 1.29 is 5.11 Å². The lowest BCUT2D eigenvalue weighted by molar-refractivity contribution is 0.282. The maximum atomic E-state index is 8.57. The largest absolute Gasteiger partial charge is 0.392 e. The van der Waals surface area contributed by atoms with Gasteiger partial charge in [0.05, 0.1) is 6.61 Å². The monoisotopic (exact) mass is 123 g/mol. The number of aliphatic hydroxyl groups excluding tert-OH is 1. The number of hydrogen-bond donors (Lipinski definition) is 2. The van der Waals surface area contributed by atoms with Crippen molar-refractivity contribution in [3.8, 4) is 0 Å². The maximum Gasteiger partial charge on any atom is 0.129 e. The van der Waals surface area contributed by atoms with Crippen LogP contribution in [0.5, 0.6) is 0 Å². The summed E-state index contributed by atoms with van der Waals surface area (Å²) in [4.78, 5) is 3.74. The summed E-state index contributed by atoms with van der Waals surface area (Å²) < 4.78 is 0. The zero-order valence-corrected chi connectivity index (χ0v) is 4.83. The van der Waals surface area contributed by atoms with E-state index in [1.807, 2.05) is 0 Å². The van der Waals surface area contributed by atoms with Gasteiger partial charge in [-0.15, -0.1) is 0 Å². The Hall–Kier alpha value is -1.09. The first-order valence-electron chi connectivity index (χ1n) is 2.56. The van der Waals surface area contributed by atoms with E-state index in [4.69, 9.17) is 10.8 Å². The van der Waals surface area contributed by atoms with E-state index in [0.29, 0.717) is 11.4 Å². The second kappa shape index (κ2) is 2.46. The van der Waals surface area contributed by atoms with Gasteiger partial charge < -0.3 is 10.8 Å². The van der Waals surface area contributed by atoms with Crippen LogP contribution in [0, 0.1) is 6.07 Å². The van der Waals surface area contributed by atoms with E-state index in [9.17, 15) is 0 Å². The van der Waals surface area contributed by atoms with E-state index in [0.717, 1.165) is 0 Å². The molecule has 1 aromatic heterocycles. The molecular formula is C6H7N2O. The summed E-state index contributed by atoms with van der Waals surface area (Å²) >= 11 is 0. The van der Waals surface area contributed by atoms with Gasteiger partial charge >= 0.3 is 0 Å². The van der Waals surface area contributed by atoms with Crippen molar-refractivity contribution in [3.05, 3.63) is 23.9 Å². The first kappa shape index (κ1) is 6.04. The number of nitrogens with two attached hydrogens (primary N) is 1. The lowest BCUT2D eigenvalue weighted by Gasteiger charge is -1.95. The van der Waals surface area contributed by atoms with E-state index in [2.05, 4.69) is 11.1 Å². The number of hydrogen-bond acceptors (Lipinski definition) is 3. The normalized spacial score (nSPS) is 9.44. The molecule has 3 N–H and O–H groups in total. The molecule has 0 spiro atoms. The zero-order valence-electron chi connectivity index (χ0n) is 4.83. The van der Waals surface area contributed by atoms with Crippen molar-refractivity contribution in [2.24, 2.45) is 0 Å². The van der Waals surface area contributed by atoms with Gasteiger partial charge in [-0.2, -0.15) is 0 Å². The molecule has 0 unspecified atom stereocenters. The standard InChI is InChI=1S/C6H7N2O/c7-6-5(4-9)2-1-3-8-6/h1,3,9H,4H2,(H2,7,8). The third kappa shape index (κ3) is 1.17. The van der Waals surface area contributed by atoms with E-state index in [1.54, 1.807) is 6.07 Å². The second-order valence-corrected chi connectivity index (χ2v) is 1.61. The fourth-order valence-electron chi connectivity index (χ4n) is 0.534. The van der Waals surface area contributed by atoms with Crippen LogP contribution in [-0.4, -0.2) is 10.1 Å². The van der Waals surface area contributed by atoms with Crippen molar-refractivity contribution >= 4 is 5.82 Å². The Morgan fingerprint density at radius 1 is 1.78 bits per heavy atom. The fraction of sp³-hybridized carbons (Fsp3) is 0.167. The van der Waals surface area contributed by atoms with Gasteiger partial charge in [0.15, 0.2) is 0 Å². The van der Waals surface area contributed by atoms with Crippen LogP contribution < -0.4 is 5.73 Å². The van der Waals surface area contributed by atoms with Gasteiger partial charge in [0, 0.05) is 11.8 Å². The van der Waals surface area contributed by atoms with E-state index in [-0.39, 0.29) is 6.61 Å². The highest BCUT2D eigenvalue weighted by molar-refractivity contribution is 5.36. The quantitative estimate of drug-likeness (QED) is 0.550. The molecule has 0 aliphatic carbocycles. The zero-order chi connectivity index (χ0) is 6.69. The Labute approximate surface area is 53.2 Å². The fourth-order valence-corrected chi connectivity index (χ4v) is 0.534. The van der Waals surface area contributed by atoms with Crippen molar-refractivity contribution in [2.45, 2.75) is 6.61 Å². The van der Waals surface area contributed by atoms with Crippen LogP contribution in [0.25, 0.3) is 0 Å². The molecule has 3 heteroatoms. The Balaban J connectivity index is 3.01. The highest BCUT2D eigenvalue weighted by Gasteiger charge is 1.93. The van der Waals surface area contributed by atoms with Crippen LogP contribution in [0.2, 0.25) is 0 Å². The molecule has 0 amide bonds. The molecule has 0 aliphatic rings. The molecule has 0 fully saturated rings. The van der Waals surface area contributed by atoms with Crippen LogP contribution in [0.4, 0.5) is 5.82 Å². The molecule has 0 saturated heterocycles. The van der Waals surface area contributed by atoms with Crippen molar-refractivity contribution in [3.63, 3.8) is 0 Å². The van der Waals surface area contributed by atoms with Crippen molar-refractivity contribution in [2.75, 3.05) is 5.73 Å². The lowest BCUT2D eigenvalue weighted by atomic mass is 10.3. The molecule has 0 aliphatic heterocycles. The topological polar surface area (TPSA) is 59.1 Å². The van der Waals surface area contributed by atoms with Crippen LogP contribution in [0.1, 0.15) is 5.56 Å². The van der Waals surface area contributed by atoms with Gasteiger partial charge in [-0.05, 0) is 12.1 Å². The van der Waals surface area contributed by atoms with Crippen LogP contribution in [0.3, 0.4) is 0 Å². The number of aliphatic hydroxyl groups is 1. The minimum Gasteiger partial charge on any atom is -0.392 e. The predicted molar refractivity (Wildman–Crippen MR) is 33.4 cm³/mol. The van der Waals surface area contributed by atoms with Crippen LogP contribution >= 0.6 is 0 Å². The minimum atomic E-state index is -0.0975. The average Bonchev–Trinajstić information content (AvgIpc) is 1.89. The van der Waals surface area contributed by atoms with E-state index in [1.165, 1.54) is 6.20 Å². The highest BCUT2D eigenvalue weighted by Crippen LogP contribution is 2.03. The van der Waals surface area contributed by atoms with Crippen LogP contribution in [0.15, 0.2) is 12.3 Å². The molecule has 0 bridgehead atoms. The summed E-state index contributed by atoms with van der Waals surface area (Å²) in [6.07, 6.45) is 1.54. The first-order chi connectivity index (χ1) is 4.34. The minimum absolute atomic E-state index is 0.0975. The summed E-state index contributed by atoms with van der Waals surface area (Å²) in [6.45, 7) is -0.0975. The Bertz CT molecular complexity index is 200. The van der Waals surface area contributed by atoms with Crippen molar-refractivity contribution in [1.82, 2.24) is 4.98 Å². The third-order valence-corrected chi connectivity index (χ3v) is 1.01. The summed E-state index contributed by atoms with van der Waals surface area (Å²) in [5.41, 5.74) is 5.88. The summed E-state index contributed by atoms with van der Waals surface area (Å²) in [5, 5.41) is 8.57. The molecule has 0 atom stereocenters. The molecule has 9 heavy (non-hydrogen) atoms. The van der Waals surface area contributed by atoms with E-state index >= 15 is 0 Å². The van der Waals surface area contributed by atoms with Crippen molar-refractivity contribution in [1.29, 1.82) is 0 Å². The highest BCUT2D eigenvalue weighted by atomic mass is 16.3. The molecule has 0 saturated carbocycles. The van der Waals surface area contributed by atoms with Gasteiger partial charge in [-0.25, -0.2) is 4.98 Å². The predicted octanol–water partition coefficient (Wildman–Crippen LogP) is -0.0437. The third-order valence-electron chi connectivity index (χ3n) is 1.01. The molecule has 1 aromatic rings. The van der Waals surface area contributed by atoms with Gasteiger partial charge in [0.1, 0.15) is 5.82 Å². The summed E-state index contributed by atoms with van der Waals surface area (Å²) in [7, 11) is 0. The number of rotatable bonds is 1. The lowest BCUT2D eigenvalue weighted by Crippen LogP contribution is -1.95. The summed E-state index contributed by atoms with van der Waals surface area (Å²) in [6, 6.07) is 4.36. The number of aromatic nitrogens is 1. The number of pyridine rings is 1. The number of nitrogens with zero attached hydrogens (tertiary/aromatic N) is 1.